The molecule has 332 valence electrons. The zero-order valence-corrected chi connectivity index (χ0v) is 40.9. The summed E-state index contributed by atoms with van der Waals surface area (Å²) in [5.41, 5.74) is 23.3. The standard InChI is InChI=1S/C63H62BN3/c1-58(2,3)41-28-29-51-44(34-41)45-35-42(59(4,5)6)36-50-56(45)65(51)53-37-43(66-52-27-16-15-24-47(52)60(7)33-30-39-20-13-14-23-46(39)62(60,66)9)38-54-55(53)64(50)49-26-19-25-48-57(49)67(54)61(8)31-17-18-32-63(48,61)40-21-11-10-12-22-40/h10-16,19-29,34-38H,17-18,30-33H2,1-9H3. The largest absolute Gasteiger partial charge is 0.335 e. The molecule has 0 bridgehead atoms. The van der Waals surface area contributed by atoms with Crippen LogP contribution in [0.5, 0.6) is 0 Å². The lowest BCUT2D eigenvalue weighted by molar-refractivity contribution is 0.215. The van der Waals surface area contributed by atoms with Crippen LogP contribution in [0.25, 0.3) is 27.5 Å². The molecule has 4 unspecified atom stereocenters. The maximum absolute atomic E-state index is 2.94. The summed E-state index contributed by atoms with van der Waals surface area (Å²) in [5.74, 6) is 0. The van der Waals surface area contributed by atoms with Gasteiger partial charge in [0, 0.05) is 55.6 Å². The van der Waals surface area contributed by atoms with E-state index in [0.29, 0.717) is 0 Å². The summed E-state index contributed by atoms with van der Waals surface area (Å²) >= 11 is 0. The van der Waals surface area contributed by atoms with Crippen molar-refractivity contribution in [2.24, 2.45) is 0 Å². The van der Waals surface area contributed by atoms with Crippen molar-refractivity contribution in [3.8, 4) is 5.69 Å². The summed E-state index contributed by atoms with van der Waals surface area (Å²) < 4.78 is 2.73. The first-order chi connectivity index (χ1) is 32.1. The van der Waals surface area contributed by atoms with Crippen LogP contribution in [0.1, 0.15) is 133 Å². The molecule has 4 atom stereocenters. The number of hydrogen-bond acceptors (Lipinski definition) is 2. The fourth-order valence-electron chi connectivity index (χ4n) is 15.5. The van der Waals surface area contributed by atoms with Gasteiger partial charge >= 0.3 is 0 Å². The number of aryl methyl sites for hydroxylation is 1. The fourth-order valence-corrected chi connectivity index (χ4v) is 15.5. The summed E-state index contributed by atoms with van der Waals surface area (Å²) in [4.78, 5) is 5.76. The molecule has 4 heteroatoms. The molecule has 1 fully saturated rings. The molecule has 0 saturated heterocycles. The predicted octanol–water partition coefficient (Wildman–Crippen LogP) is 13.6. The van der Waals surface area contributed by atoms with Crippen LogP contribution in [-0.2, 0) is 33.6 Å². The van der Waals surface area contributed by atoms with Crippen molar-refractivity contribution in [3.05, 3.63) is 178 Å². The van der Waals surface area contributed by atoms with E-state index in [1.165, 1.54) is 118 Å². The lowest BCUT2D eigenvalue weighted by atomic mass is 9.33. The van der Waals surface area contributed by atoms with Gasteiger partial charge in [-0.2, -0.15) is 0 Å². The molecule has 6 aliphatic rings. The average molecular weight is 872 g/mol. The molecule has 0 amide bonds. The normalized spacial score (nSPS) is 25.2. The van der Waals surface area contributed by atoms with Gasteiger partial charge < -0.3 is 14.4 Å². The number of rotatable bonds is 2. The van der Waals surface area contributed by atoms with Crippen molar-refractivity contribution >= 4 is 67.7 Å². The Bertz CT molecular complexity index is 3470. The van der Waals surface area contributed by atoms with E-state index in [2.05, 4.69) is 216 Å². The second-order valence-corrected chi connectivity index (χ2v) is 24.1. The summed E-state index contributed by atoms with van der Waals surface area (Å²) in [6.45, 7) is 22.2. The lowest BCUT2D eigenvalue weighted by Crippen LogP contribution is -2.64. The number of nitrogens with zero attached hydrogens (tertiary/aromatic N) is 3. The van der Waals surface area contributed by atoms with Gasteiger partial charge in [-0.05, 0) is 142 Å². The van der Waals surface area contributed by atoms with Gasteiger partial charge in [-0.25, -0.2) is 0 Å². The monoisotopic (exact) mass is 872 g/mol. The molecule has 0 radical (unpaired) electrons. The van der Waals surface area contributed by atoms with Crippen molar-refractivity contribution in [3.63, 3.8) is 0 Å². The van der Waals surface area contributed by atoms with Crippen LogP contribution >= 0.6 is 0 Å². The number of para-hydroxylation sites is 2. The summed E-state index contributed by atoms with van der Waals surface area (Å²) in [6, 6.07) is 55.9. The molecule has 0 spiro atoms. The number of aromatic nitrogens is 1. The molecule has 5 heterocycles. The molecule has 67 heavy (non-hydrogen) atoms. The third-order valence-corrected chi connectivity index (χ3v) is 19.0. The second-order valence-electron chi connectivity index (χ2n) is 24.1. The second kappa shape index (κ2) is 12.8. The van der Waals surface area contributed by atoms with E-state index in [9.17, 15) is 0 Å². The van der Waals surface area contributed by atoms with Crippen molar-refractivity contribution in [1.29, 1.82) is 0 Å². The van der Waals surface area contributed by atoms with Gasteiger partial charge in [-0.1, -0.05) is 164 Å². The maximum Gasteiger partial charge on any atom is 0.252 e. The van der Waals surface area contributed by atoms with E-state index >= 15 is 0 Å². The minimum atomic E-state index is -0.318. The molecular weight excluding hydrogens is 810 g/mol. The van der Waals surface area contributed by atoms with Gasteiger partial charge in [0.1, 0.15) is 0 Å². The van der Waals surface area contributed by atoms with Crippen LogP contribution < -0.4 is 26.2 Å². The minimum absolute atomic E-state index is 0.0199. The van der Waals surface area contributed by atoms with E-state index in [1.54, 1.807) is 0 Å². The molecule has 7 aromatic carbocycles. The molecule has 3 nitrogen and oxygen atoms in total. The van der Waals surface area contributed by atoms with E-state index in [0.717, 1.165) is 25.7 Å². The van der Waals surface area contributed by atoms with Gasteiger partial charge in [0.15, 0.2) is 0 Å². The first-order valence-electron chi connectivity index (χ1n) is 25.4. The topological polar surface area (TPSA) is 11.4 Å². The maximum atomic E-state index is 2.94. The highest BCUT2D eigenvalue weighted by Gasteiger charge is 2.65. The summed E-state index contributed by atoms with van der Waals surface area (Å²) in [7, 11) is 0. The third kappa shape index (κ3) is 4.67. The number of benzene rings is 7. The number of anilines is 4. The molecular formula is C63H62BN3. The fraction of sp³-hybridized carbons (Fsp3) is 0.333. The minimum Gasteiger partial charge on any atom is -0.335 e. The van der Waals surface area contributed by atoms with Gasteiger partial charge in [0.25, 0.3) is 6.71 Å². The highest BCUT2D eigenvalue weighted by molar-refractivity contribution is 7.00. The Morgan fingerprint density at radius 3 is 2.01 bits per heavy atom. The van der Waals surface area contributed by atoms with Crippen molar-refractivity contribution in [2.45, 2.75) is 134 Å². The van der Waals surface area contributed by atoms with Gasteiger partial charge in [-0.15, -0.1) is 0 Å². The van der Waals surface area contributed by atoms with Crippen molar-refractivity contribution in [2.75, 3.05) is 9.80 Å². The Hall–Kier alpha value is -6.00. The van der Waals surface area contributed by atoms with E-state index in [-0.39, 0.29) is 39.5 Å². The molecule has 0 N–H and O–H groups in total. The highest BCUT2D eigenvalue weighted by atomic mass is 15.3. The van der Waals surface area contributed by atoms with Crippen LogP contribution in [0.4, 0.5) is 22.7 Å². The molecule has 1 saturated carbocycles. The van der Waals surface area contributed by atoms with Crippen LogP contribution in [0.2, 0.25) is 0 Å². The van der Waals surface area contributed by atoms with Gasteiger partial charge in [0.2, 0.25) is 0 Å². The quantitative estimate of drug-likeness (QED) is 0.160. The van der Waals surface area contributed by atoms with Gasteiger partial charge in [0.05, 0.1) is 16.6 Å². The molecule has 14 rings (SSSR count). The average Bonchev–Trinajstić information content (AvgIpc) is 3.86. The number of fused-ring (bicyclic) bond motifs is 15. The van der Waals surface area contributed by atoms with Crippen molar-refractivity contribution < 1.29 is 0 Å². The van der Waals surface area contributed by atoms with Crippen LogP contribution in [0.15, 0.2) is 140 Å². The number of hydrogen-bond donors (Lipinski definition) is 0. The zero-order chi connectivity index (χ0) is 45.8. The molecule has 4 aliphatic heterocycles. The van der Waals surface area contributed by atoms with E-state index in [4.69, 9.17) is 0 Å². The first kappa shape index (κ1) is 40.1. The van der Waals surface area contributed by atoms with Gasteiger partial charge in [-0.3, -0.25) is 0 Å². The predicted molar refractivity (Wildman–Crippen MR) is 284 cm³/mol. The van der Waals surface area contributed by atoms with Crippen LogP contribution in [0.3, 0.4) is 0 Å². The lowest BCUT2D eigenvalue weighted by Gasteiger charge is -2.54. The Labute approximate surface area is 397 Å². The first-order valence-corrected chi connectivity index (χ1v) is 25.4. The SMILES string of the molecule is CC(C)(C)c1ccc2c(c1)c1cc(C(C)(C)C)cc3c1n2-c1cc(N2c4ccccc4C4(C)CCc5ccccc5C24C)cc2c1B3c1cccc3c1N2C1(C)CCCCC31c1ccccc1. The Kier molecular flexibility index (Phi) is 7.63. The van der Waals surface area contributed by atoms with E-state index in [1.807, 2.05) is 0 Å². The summed E-state index contributed by atoms with van der Waals surface area (Å²) in [5, 5.41) is 2.74. The Balaban J connectivity index is 1.16. The zero-order valence-electron chi connectivity index (χ0n) is 40.9. The van der Waals surface area contributed by atoms with Crippen LogP contribution in [0, 0.1) is 0 Å². The van der Waals surface area contributed by atoms with Crippen LogP contribution in [-0.4, -0.2) is 16.8 Å². The highest BCUT2D eigenvalue weighted by Crippen LogP contribution is 2.67. The molecule has 1 aromatic heterocycles. The summed E-state index contributed by atoms with van der Waals surface area (Å²) in [6.07, 6.45) is 6.92. The molecule has 8 aromatic rings. The van der Waals surface area contributed by atoms with E-state index < -0.39 is 0 Å². The smallest absolute Gasteiger partial charge is 0.252 e. The Morgan fingerprint density at radius 2 is 1.22 bits per heavy atom. The third-order valence-electron chi connectivity index (χ3n) is 19.0. The Morgan fingerprint density at radius 1 is 0.537 bits per heavy atom. The molecule has 2 aliphatic carbocycles. The van der Waals surface area contributed by atoms with Crippen molar-refractivity contribution in [1.82, 2.24) is 4.57 Å².